The summed E-state index contributed by atoms with van der Waals surface area (Å²) in [5.41, 5.74) is 5.11. The minimum Gasteiger partial charge on any atom is -0.329 e. The van der Waals surface area contributed by atoms with Gasteiger partial charge in [-0.25, -0.2) is 0 Å². The van der Waals surface area contributed by atoms with Crippen molar-refractivity contribution in [3.63, 3.8) is 0 Å². The molecule has 0 spiro atoms. The third kappa shape index (κ3) is 2.06. The Labute approximate surface area is 122 Å². The fourth-order valence-electron chi connectivity index (χ4n) is 3.15. The molecule has 104 valence electrons. The lowest BCUT2D eigenvalue weighted by molar-refractivity contribution is 0.645. The smallest absolute Gasteiger partial charge is 0.255 e. The second-order valence-corrected chi connectivity index (χ2v) is 5.48. The van der Waals surface area contributed by atoms with E-state index in [4.69, 9.17) is 0 Å². The van der Waals surface area contributed by atoms with Gasteiger partial charge in [0.2, 0.25) is 0 Å². The Hall–Kier alpha value is -2.39. The summed E-state index contributed by atoms with van der Waals surface area (Å²) >= 11 is 0. The van der Waals surface area contributed by atoms with Crippen molar-refractivity contribution in [2.24, 2.45) is 0 Å². The molecule has 21 heavy (non-hydrogen) atoms. The zero-order chi connectivity index (χ0) is 14.2. The lowest BCUT2D eigenvalue weighted by Crippen LogP contribution is -2.24. The van der Waals surface area contributed by atoms with Crippen LogP contribution in [0.25, 0.3) is 21.9 Å². The summed E-state index contributed by atoms with van der Waals surface area (Å²) in [5.74, 6) is 0. The van der Waals surface area contributed by atoms with Crippen LogP contribution >= 0.6 is 0 Å². The number of hydrogen-bond donors (Lipinski definition) is 2. The Kier molecular flexibility index (Phi) is 2.86. The first-order chi connectivity index (χ1) is 10.3. The molecule has 0 bridgehead atoms. The number of H-pyrrole nitrogens is 1. The first-order valence-corrected chi connectivity index (χ1v) is 7.26. The summed E-state index contributed by atoms with van der Waals surface area (Å²) in [6.07, 6.45) is 2.73. The van der Waals surface area contributed by atoms with Crippen molar-refractivity contribution in [2.45, 2.75) is 13.0 Å². The van der Waals surface area contributed by atoms with Crippen LogP contribution in [-0.4, -0.2) is 11.5 Å². The van der Waals surface area contributed by atoms with Gasteiger partial charge in [0.1, 0.15) is 0 Å². The highest BCUT2D eigenvalue weighted by Crippen LogP contribution is 2.29. The molecule has 0 amide bonds. The molecular formula is C18H16N2O. The van der Waals surface area contributed by atoms with E-state index in [1.54, 1.807) is 6.20 Å². The number of nitrogens with one attached hydrogen (secondary N) is 2. The highest BCUT2D eigenvalue weighted by atomic mass is 16.1. The normalized spacial score (nSPS) is 14.1. The van der Waals surface area contributed by atoms with Gasteiger partial charge in [0.05, 0.1) is 0 Å². The van der Waals surface area contributed by atoms with E-state index in [2.05, 4.69) is 34.6 Å². The van der Waals surface area contributed by atoms with Gasteiger partial charge in [-0.3, -0.25) is 4.79 Å². The zero-order valence-electron chi connectivity index (χ0n) is 11.6. The fraction of sp³-hybridized carbons (Fsp3) is 0.167. The Morgan fingerprint density at radius 2 is 2.00 bits per heavy atom. The van der Waals surface area contributed by atoms with Crippen molar-refractivity contribution in [3.05, 3.63) is 70.1 Å². The second kappa shape index (κ2) is 4.86. The van der Waals surface area contributed by atoms with Crippen LogP contribution < -0.4 is 10.9 Å². The molecule has 0 unspecified atom stereocenters. The number of hydrogen-bond acceptors (Lipinski definition) is 2. The molecule has 0 radical (unpaired) electrons. The van der Waals surface area contributed by atoms with Crippen LogP contribution in [0.15, 0.2) is 53.5 Å². The monoisotopic (exact) mass is 276 g/mol. The lowest BCUT2D eigenvalue weighted by Gasteiger charge is -2.20. The molecule has 3 nitrogen and oxygen atoms in total. The molecule has 2 N–H and O–H groups in total. The van der Waals surface area contributed by atoms with E-state index in [1.165, 1.54) is 16.7 Å². The zero-order valence-corrected chi connectivity index (χ0v) is 11.6. The van der Waals surface area contributed by atoms with Crippen LogP contribution in [0, 0.1) is 0 Å². The molecule has 1 aliphatic heterocycles. The highest BCUT2D eigenvalue weighted by Gasteiger charge is 2.14. The molecule has 1 aromatic heterocycles. The van der Waals surface area contributed by atoms with Gasteiger partial charge in [-0.15, -0.1) is 0 Å². The quantitative estimate of drug-likeness (QED) is 0.718. The van der Waals surface area contributed by atoms with E-state index in [9.17, 15) is 4.79 Å². The molecular weight excluding hydrogens is 260 g/mol. The molecule has 0 fully saturated rings. The van der Waals surface area contributed by atoms with Crippen molar-refractivity contribution in [3.8, 4) is 11.1 Å². The van der Waals surface area contributed by atoms with E-state index >= 15 is 0 Å². The van der Waals surface area contributed by atoms with Crippen LogP contribution in [0.1, 0.15) is 11.1 Å². The molecule has 0 atom stereocenters. The van der Waals surface area contributed by atoms with Gasteiger partial charge in [-0.1, -0.05) is 30.3 Å². The number of aromatic nitrogens is 1. The molecule has 3 aromatic rings. The third-order valence-corrected chi connectivity index (χ3v) is 4.23. The molecule has 1 aliphatic rings. The number of rotatable bonds is 1. The fourth-order valence-corrected chi connectivity index (χ4v) is 3.15. The third-order valence-electron chi connectivity index (χ3n) is 4.23. The maximum absolute atomic E-state index is 12.0. The van der Waals surface area contributed by atoms with Crippen LogP contribution in [0.2, 0.25) is 0 Å². The van der Waals surface area contributed by atoms with E-state index in [1.807, 2.05) is 18.2 Å². The Morgan fingerprint density at radius 1 is 1.05 bits per heavy atom. The summed E-state index contributed by atoms with van der Waals surface area (Å²) in [7, 11) is 0. The van der Waals surface area contributed by atoms with Gasteiger partial charge in [0, 0.05) is 18.1 Å². The molecule has 2 heterocycles. The molecule has 4 rings (SSSR count). The van der Waals surface area contributed by atoms with Gasteiger partial charge < -0.3 is 10.3 Å². The van der Waals surface area contributed by atoms with Crippen molar-refractivity contribution >= 4 is 10.8 Å². The maximum Gasteiger partial charge on any atom is 0.255 e. The topological polar surface area (TPSA) is 44.9 Å². The molecule has 3 heteroatoms. The molecule has 0 aliphatic carbocycles. The predicted octanol–water partition coefficient (Wildman–Crippen LogP) is 2.84. The van der Waals surface area contributed by atoms with Gasteiger partial charge in [0.25, 0.3) is 5.56 Å². The second-order valence-electron chi connectivity index (χ2n) is 5.48. The Bertz CT molecular complexity index is 880. The summed E-state index contributed by atoms with van der Waals surface area (Å²) in [6, 6.07) is 14.5. The van der Waals surface area contributed by atoms with E-state index < -0.39 is 0 Å². The van der Waals surface area contributed by atoms with Crippen molar-refractivity contribution < 1.29 is 0 Å². The Morgan fingerprint density at radius 3 is 2.95 bits per heavy atom. The average molecular weight is 276 g/mol. The van der Waals surface area contributed by atoms with Crippen molar-refractivity contribution in [1.82, 2.24) is 10.3 Å². The van der Waals surface area contributed by atoms with Gasteiger partial charge in [-0.05, 0) is 52.7 Å². The average Bonchev–Trinajstić information content (AvgIpc) is 2.54. The van der Waals surface area contributed by atoms with Crippen LogP contribution in [0.4, 0.5) is 0 Å². The number of pyridine rings is 1. The van der Waals surface area contributed by atoms with Crippen LogP contribution in [-0.2, 0) is 13.0 Å². The minimum atomic E-state index is -0.0270. The Balaban J connectivity index is 1.95. The SMILES string of the molecule is O=c1[nH]ccc2ccc(-c3cccc4c3CCNC4)cc12. The summed E-state index contributed by atoms with van der Waals surface area (Å²) in [5, 5.41) is 5.14. The van der Waals surface area contributed by atoms with Crippen molar-refractivity contribution in [1.29, 1.82) is 0 Å². The number of aromatic amines is 1. The van der Waals surface area contributed by atoms with Gasteiger partial charge >= 0.3 is 0 Å². The molecule has 2 aromatic carbocycles. The predicted molar refractivity (Wildman–Crippen MR) is 85.4 cm³/mol. The standard InChI is InChI=1S/C18H16N2O/c21-18-17-10-13(5-4-12(17)6-9-20-18)15-3-1-2-14-11-19-8-7-16(14)15/h1-6,9-10,19H,7-8,11H2,(H,20,21). The minimum absolute atomic E-state index is 0.0270. The maximum atomic E-state index is 12.0. The first-order valence-electron chi connectivity index (χ1n) is 7.26. The van der Waals surface area contributed by atoms with Crippen LogP contribution in [0.5, 0.6) is 0 Å². The summed E-state index contributed by atoms with van der Waals surface area (Å²) in [6.45, 7) is 1.94. The van der Waals surface area contributed by atoms with E-state index in [0.717, 1.165) is 35.8 Å². The van der Waals surface area contributed by atoms with E-state index in [0.29, 0.717) is 0 Å². The largest absolute Gasteiger partial charge is 0.329 e. The summed E-state index contributed by atoms with van der Waals surface area (Å²) in [4.78, 5) is 14.7. The molecule has 0 saturated heterocycles. The lowest BCUT2D eigenvalue weighted by atomic mass is 9.91. The van der Waals surface area contributed by atoms with Crippen LogP contribution in [0.3, 0.4) is 0 Å². The first kappa shape index (κ1) is 12.4. The highest BCUT2D eigenvalue weighted by molar-refractivity contribution is 5.87. The van der Waals surface area contributed by atoms with Crippen molar-refractivity contribution in [2.75, 3.05) is 6.54 Å². The molecule has 0 saturated carbocycles. The summed E-state index contributed by atoms with van der Waals surface area (Å²) < 4.78 is 0. The van der Waals surface area contributed by atoms with Gasteiger partial charge in [0.15, 0.2) is 0 Å². The number of fused-ring (bicyclic) bond motifs is 2. The number of benzene rings is 2. The van der Waals surface area contributed by atoms with E-state index in [-0.39, 0.29) is 5.56 Å². The van der Waals surface area contributed by atoms with Gasteiger partial charge in [-0.2, -0.15) is 0 Å².